The third kappa shape index (κ3) is 59.6. The average Bonchev–Trinajstić information content (AvgIpc) is 3.39. The van der Waals surface area contributed by atoms with E-state index in [1.807, 2.05) is 0 Å². The highest BCUT2D eigenvalue weighted by Crippen LogP contribution is 2.16. The van der Waals surface area contributed by atoms with Gasteiger partial charge in [-0.15, -0.1) is 0 Å². The van der Waals surface area contributed by atoms with Crippen LogP contribution in [0.4, 0.5) is 0 Å². The minimum atomic E-state index is -0.784. The summed E-state index contributed by atoms with van der Waals surface area (Å²) in [6.07, 6.45) is 78.9. The first-order valence-corrected chi connectivity index (χ1v) is 31.4. The van der Waals surface area contributed by atoms with Gasteiger partial charge in [-0.05, 0) is 109 Å². The van der Waals surface area contributed by atoms with E-state index in [2.05, 4.69) is 93.7 Å². The lowest BCUT2D eigenvalue weighted by Gasteiger charge is -2.18. The summed E-state index contributed by atoms with van der Waals surface area (Å²) in [5.41, 5.74) is 0. The summed E-state index contributed by atoms with van der Waals surface area (Å²) in [7, 11) is 0. The highest BCUT2D eigenvalue weighted by atomic mass is 16.6. The maximum Gasteiger partial charge on any atom is 0.306 e. The third-order valence-corrected chi connectivity index (χ3v) is 13.7. The molecule has 0 N–H and O–H groups in total. The lowest BCUT2D eigenvalue weighted by atomic mass is 10.1. The Balaban J connectivity index is 4.38. The molecule has 0 amide bonds. The minimum Gasteiger partial charge on any atom is -0.462 e. The molecule has 73 heavy (non-hydrogen) atoms. The fourth-order valence-electron chi connectivity index (χ4n) is 8.95. The van der Waals surface area contributed by atoms with E-state index in [-0.39, 0.29) is 31.1 Å². The fraction of sp³-hybridized carbons (Fsp3) is 0.776. The van der Waals surface area contributed by atoms with Crippen LogP contribution in [0, 0.1) is 0 Å². The molecule has 0 radical (unpaired) electrons. The Hall–Kier alpha value is -3.15. The Morgan fingerprint density at radius 3 is 0.849 bits per heavy atom. The standard InChI is InChI=1S/C67H118O6/c1-4-7-10-13-16-19-22-25-28-31-32-33-34-37-39-42-45-48-51-54-57-60-66(69)72-63-64(73-67(70)61-58-55-52-49-46-43-40-36-30-27-24-21-18-15-12-9-6-3)62-71-65(68)59-56-53-50-47-44-41-38-35-29-26-23-20-17-14-11-8-5-2/h7,10,16,19,25-30,32-33,64H,4-6,8-9,11-15,17-18,20-24,31,34-63H2,1-3H3/b10-7-,19-16-,28-25-,29-26-,30-27-,33-32-. The number of allylic oxidation sites excluding steroid dienone is 12. The van der Waals surface area contributed by atoms with Crippen LogP contribution in [0.3, 0.4) is 0 Å². The van der Waals surface area contributed by atoms with Gasteiger partial charge in [0, 0.05) is 19.3 Å². The molecule has 0 aliphatic rings. The number of hydrogen-bond donors (Lipinski definition) is 0. The first-order chi connectivity index (χ1) is 36.0. The first kappa shape index (κ1) is 69.8. The monoisotopic (exact) mass is 1020 g/mol. The lowest BCUT2D eigenvalue weighted by Crippen LogP contribution is -2.30. The van der Waals surface area contributed by atoms with E-state index >= 15 is 0 Å². The third-order valence-electron chi connectivity index (χ3n) is 13.7. The second-order valence-corrected chi connectivity index (χ2v) is 20.9. The Labute approximate surface area is 453 Å². The van der Waals surface area contributed by atoms with Gasteiger partial charge in [0.25, 0.3) is 0 Å². The minimum absolute atomic E-state index is 0.0804. The van der Waals surface area contributed by atoms with Gasteiger partial charge in [-0.1, -0.05) is 261 Å². The van der Waals surface area contributed by atoms with Gasteiger partial charge in [-0.25, -0.2) is 0 Å². The quantitative estimate of drug-likeness (QED) is 0.0261. The molecule has 1 unspecified atom stereocenters. The van der Waals surface area contributed by atoms with Crippen LogP contribution in [-0.4, -0.2) is 37.2 Å². The highest BCUT2D eigenvalue weighted by molar-refractivity contribution is 5.71. The van der Waals surface area contributed by atoms with E-state index in [0.717, 1.165) is 89.9 Å². The van der Waals surface area contributed by atoms with Crippen LogP contribution < -0.4 is 0 Å². The van der Waals surface area contributed by atoms with Crippen LogP contribution in [0.2, 0.25) is 0 Å². The Morgan fingerprint density at radius 2 is 0.534 bits per heavy atom. The Morgan fingerprint density at radius 1 is 0.288 bits per heavy atom. The van der Waals surface area contributed by atoms with Crippen molar-refractivity contribution in [1.29, 1.82) is 0 Å². The average molecular weight is 1020 g/mol. The molecule has 0 rings (SSSR count). The molecular weight excluding hydrogens is 901 g/mol. The topological polar surface area (TPSA) is 78.9 Å². The van der Waals surface area contributed by atoms with Crippen molar-refractivity contribution in [3.05, 3.63) is 72.9 Å². The van der Waals surface area contributed by atoms with Crippen LogP contribution in [0.5, 0.6) is 0 Å². The number of carbonyl (C=O) groups excluding carboxylic acids is 3. The summed E-state index contributed by atoms with van der Waals surface area (Å²) in [4.78, 5) is 38.3. The van der Waals surface area contributed by atoms with Crippen molar-refractivity contribution >= 4 is 17.9 Å². The van der Waals surface area contributed by atoms with Gasteiger partial charge in [0.2, 0.25) is 0 Å². The van der Waals surface area contributed by atoms with Gasteiger partial charge in [0.15, 0.2) is 6.10 Å². The summed E-state index contributed by atoms with van der Waals surface area (Å²) in [6, 6.07) is 0. The summed E-state index contributed by atoms with van der Waals surface area (Å²) in [6.45, 7) is 6.54. The van der Waals surface area contributed by atoms with Crippen molar-refractivity contribution in [3.8, 4) is 0 Å². The van der Waals surface area contributed by atoms with E-state index in [9.17, 15) is 14.4 Å². The van der Waals surface area contributed by atoms with Crippen molar-refractivity contribution in [2.75, 3.05) is 13.2 Å². The van der Waals surface area contributed by atoms with E-state index < -0.39 is 6.10 Å². The zero-order valence-electron chi connectivity index (χ0n) is 48.4. The maximum absolute atomic E-state index is 12.9. The summed E-state index contributed by atoms with van der Waals surface area (Å²) < 4.78 is 16.9. The van der Waals surface area contributed by atoms with Gasteiger partial charge in [-0.2, -0.15) is 0 Å². The normalized spacial score (nSPS) is 12.5. The molecule has 422 valence electrons. The van der Waals surface area contributed by atoms with Gasteiger partial charge in [0.05, 0.1) is 0 Å². The number of unbranched alkanes of at least 4 members (excludes halogenated alkanes) is 34. The molecule has 0 aromatic rings. The summed E-state index contributed by atoms with van der Waals surface area (Å²) in [5, 5.41) is 0. The van der Waals surface area contributed by atoms with E-state index in [1.165, 1.54) is 186 Å². The van der Waals surface area contributed by atoms with Crippen LogP contribution >= 0.6 is 0 Å². The second-order valence-electron chi connectivity index (χ2n) is 20.9. The van der Waals surface area contributed by atoms with Gasteiger partial charge < -0.3 is 14.2 Å². The van der Waals surface area contributed by atoms with Crippen LogP contribution in [0.15, 0.2) is 72.9 Å². The maximum atomic E-state index is 12.9. The second kappa shape index (κ2) is 61.4. The smallest absolute Gasteiger partial charge is 0.306 e. The number of esters is 3. The lowest BCUT2D eigenvalue weighted by molar-refractivity contribution is -0.167. The van der Waals surface area contributed by atoms with Crippen molar-refractivity contribution in [2.45, 2.75) is 322 Å². The molecular formula is C67H118O6. The summed E-state index contributed by atoms with van der Waals surface area (Å²) in [5.74, 6) is -0.883. The molecule has 6 heteroatoms. The molecule has 0 saturated carbocycles. The number of carbonyl (C=O) groups is 3. The largest absolute Gasteiger partial charge is 0.462 e. The van der Waals surface area contributed by atoms with Gasteiger partial charge >= 0.3 is 17.9 Å². The van der Waals surface area contributed by atoms with E-state index in [0.29, 0.717) is 19.3 Å². The molecule has 0 saturated heterocycles. The molecule has 0 spiro atoms. The Kier molecular flexibility index (Phi) is 58.7. The molecule has 1 atom stereocenters. The van der Waals surface area contributed by atoms with Crippen LogP contribution in [0.25, 0.3) is 0 Å². The SMILES string of the molecule is CC/C=C\C/C=C\C/C=C\C/C=C\CCCCCCCCCCC(=O)OCC(COC(=O)CCCCCCCCC/C=C\CCCCCCCC)OC(=O)CCCCCCCCC/C=C\CCCCCCCC. The molecule has 6 nitrogen and oxygen atoms in total. The zero-order valence-corrected chi connectivity index (χ0v) is 48.4. The fourth-order valence-corrected chi connectivity index (χ4v) is 8.95. The number of rotatable bonds is 57. The van der Waals surface area contributed by atoms with E-state index in [1.54, 1.807) is 0 Å². The summed E-state index contributed by atoms with van der Waals surface area (Å²) >= 11 is 0. The van der Waals surface area contributed by atoms with Crippen molar-refractivity contribution in [1.82, 2.24) is 0 Å². The molecule has 0 aromatic carbocycles. The predicted molar refractivity (Wildman–Crippen MR) is 316 cm³/mol. The first-order valence-electron chi connectivity index (χ1n) is 31.4. The van der Waals surface area contributed by atoms with Gasteiger partial charge in [0.1, 0.15) is 13.2 Å². The predicted octanol–water partition coefficient (Wildman–Crippen LogP) is 21.3. The van der Waals surface area contributed by atoms with Crippen LogP contribution in [0.1, 0.15) is 316 Å². The molecule has 0 fully saturated rings. The molecule has 0 heterocycles. The number of hydrogen-bond acceptors (Lipinski definition) is 6. The Bertz CT molecular complexity index is 1360. The molecule has 0 aliphatic carbocycles. The van der Waals surface area contributed by atoms with Crippen molar-refractivity contribution < 1.29 is 28.6 Å². The molecule has 0 aliphatic heterocycles. The highest BCUT2D eigenvalue weighted by Gasteiger charge is 2.19. The zero-order chi connectivity index (χ0) is 52.9. The van der Waals surface area contributed by atoms with Crippen LogP contribution in [-0.2, 0) is 28.6 Å². The van der Waals surface area contributed by atoms with Gasteiger partial charge in [-0.3, -0.25) is 14.4 Å². The van der Waals surface area contributed by atoms with Crippen molar-refractivity contribution in [2.24, 2.45) is 0 Å². The molecule has 0 bridgehead atoms. The van der Waals surface area contributed by atoms with Crippen molar-refractivity contribution in [3.63, 3.8) is 0 Å². The molecule has 0 aromatic heterocycles. The van der Waals surface area contributed by atoms with E-state index in [4.69, 9.17) is 14.2 Å². The number of ether oxygens (including phenoxy) is 3.